The monoisotopic (exact) mass is 383 g/mol. The molecule has 0 bridgehead atoms. The zero-order chi connectivity index (χ0) is 20.1. The van der Waals surface area contributed by atoms with E-state index in [2.05, 4.69) is 18.1 Å². The highest BCUT2D eigenvalue weighted by Gasteiger charge is 2.37. The molecule has 1 aliphatic heterocycles. The van der Waals surface area contributed by atoms with E-state index in [4.69, 9.17) is 4.74 Å². The molecule has 5 nitrogen and oxygen atoms in total. The fraction of sp³-hybridized carbons (Fsp3) is 0.455. The Morgan fingerprint density at radius 2 is 1.96 bits per heavy atom. The Bertz CT molecular complexity index is 924. The fourth-order valence-electron chi connectivity index (χ4n) is 4.09. The van der Waals surface area contributed by atoms with Gasteiger partial charge in [0.2, 0.25) is 0 Å². The second-order valence-corrected chi connectivity index (χ2v) is 8.66. The van der Waals surface area contributed by atoms with Crippen molar-refractivity contribution in [2.75, 3.05) is 13.1 Å². The Morgan fingerprint density at radius 3 is 2.64 bits per heavy atom. The van der Waals surface area contributed by atoms with Crippen molar-refractivity contribution in [2.24, 2.45) is 5.92 Å². The number of carbonyl (C=O) groups excluding carboxylic acids is 1. The Balaban J connectivity index is 1.60. The minimum atomic E-state index is -0.491. The van der Waals surface area contributed by atoms with Crippen molar-refractivity contribution < 1.29 is 13.9 Å². The summed E-state index contributed by atoms with van der Waals surface area (Å²) in [5.74, 6) is 0.250. The molecule has 1 aromatic heterocycles. The number of piperidine rings is 1. The zero-order valence-electron chi connectivity index (χ0n) is 16.8. The van der Waals surface area contributed by atoms with Gasteiger partial charge in [-0.1, -0.05) is 12.5 Å². The summed E-state index contributed by atoms with van der Waals surface area (Å²) in [5.41, 5.74) is 3.90. The number of rotatable bonds is 1. The van der Waals surface area contributed by atoms with Gasteiger partial charge in [-0.2, -0.15) is 5.10 Å². The number of amides is 1. The first-order valence-corrected chi connectivity index (χ1v) is 9.75. The third kappa shape index (κ3) is 3.43. The summed E-state index contributed by atoms with van der Waals surface area (Å²) in [6.07, 6.45) is 4.67. The van der Waals surface area contributed by atoms with Crippen molar-refractivity contribution in [2.45, 2.75) is 45.6 Å². The lowest BCUT2D eigenvalue weighted by Crippen LogP contribution is -2.45. The second kappa shape index (κ2) is 6.76. The molecule has 2 aliphatic rings. The smallest absolute Gasteiger partial charge is 0.410 e. The molecule has 148 valence electrons. The van der Waals surface area contributed by atoms with Gasteiger partial charge < -0.3 is 9.64 Å². The largest absolute Gasteiger partial charge is 0.444 e. The van der Waals surface area contributed by atoms with Crippen molar-refractivity contribution in [3.05, 3.63) is 53.1 Å². The normalized spacial score (nSPS) is 21.6. The van der Waals surface area contributed by atoms with E-state index in [0.29, 0.717) is 13.1 Å². The predicted octanol–water partition coefficient (Wildman–Crippen LogP) is 4.77. The molecule has 0 saturated carbocycles. The predicted molar refractivity (Wildman–Crippen MR) is 106 cm³/mol. The van der Waals surface area contributed by atoms with Crippen LogP contribution in [0.5, 0.6) is 0 Å². The van der Waals surface area contributed by atoms with Gasteiger partial charge in [-0.25, -0.2) is 13.9 Å². The average molecular weight is 383 g/mol. The summed E-state index contributed by atoms with van der Waals surface area (Å²) in [4.78, 5) is 14.3. The number of carbonyl (C=O) groups is 1. The Labute approximate surface area is 164 Å². The van der Waals surface area contributed by atoms with Crippen LogP contribution in [0.3, 0.4) is 0 Å². The molecule has 0 N–H and O–H groups in total. The van der Waals surface area contributed by atoms with E-state index in [1.54, 1.807) is 12.1 Å². The van der Waals surface area contributed by atoms with E-state index in [1.165, 1.54) is 17.7 Å². The van der Waals surface area contributed by atoms with Crippen molar-refractivity contribution in [1.82, 2.24) is 14.7 Å². The van der Waals surface area contributed by atoms with Crippen LogP contribution in [0.15, 0.2) is 36.0 Å². The lowest BCUT2D eigenvalue weighted by Gasteiger charge is -2.40. The topological polar surface area (TPSA) is 47.4 Å². The number of likely N-dealkylation sites (tertiary alicyclic amines) is 1. The van der Waals surface area contributed by atoms with E-state index in [-0.39, 0.29) is 23.7 Å². The lowest BCUT2D eigenvalue weighted by molar-refractivity contribution is 0.0195. The summed E-state index contributed by atoms with van der Waals surface area (Å²) < 4.78 is 20.7. The number of ether oxygens (including phenoxy) is 1. The molecule has 2 heterocycles. The molecule has 4 rings (SSSR count). The van der Waals surface area contributed by atoms with Crippen LogP contribution in [-0.4, -0.2) is 39.5 Å². The standard InChI is InChI=1S/C22H26FN3O2/c1-14-18-12-24-26(17-7-5-16(23)6-8-17)20(18)11-15-9-10-25(13-19(14)15)21(27)28-22(2,3)4/h5-8,11-12,14,19H,9-10,13H2,1-4H3/t14-,19-/m0/s1. The fourth-order valence-corrected chi connectivity index (χ4v) is 4.09. The maximum absolute atomic E-state index is 13.3. The van der Waals surface area contributed by atoms with Gasteiger partial charge in [0, 0.05) is 24.6 Å². The summed E-state index contributed by atoms with van der Waals surface area (Å²) in [7, 11) is 0. The number of aromatic nitrogens is 2. The highest BCUT2D eigenvalue weighted by atomic mass is 19.1. The molecule has 6 heteroatoms. The van der Waals surface area contributed by atoms with Crippen molar-refractivity contribution in [3.63, 3.8) is 0 Å². The Hall–Kier alpha value is -2.63. The summed E-state index contributed by atoms with van der Waals surface area (Å²) >= 11 is 0. The van der Waals surface area contributed by atoms with Crippen molar-refractivity contribution in [3.8, 4) is 5.69 Å². The number of fused-ring (bicyclic) bond motifs is 2. The molecule has 1 aromatic carbocycles. The van der Waals surface area contributed by atoms with Crippen LogP contribution in [0.2, 0.25) is 0 Å². The molecular weight excluding hydrogens is 357 g/mol. The molecule has 1 fully saturated rings. The molecular formula is C22H26FN3O2. The van der Waals surface area contributed by atoms with Crippen LogP contribution < -0.4 is 0 Å². The molecule has 28 heavy (non-hydrogen) atoms. The van der Waals surface area contributed by atoms with Gasteiger partial charge in [0.1, 0.15) is 11.4 Å². The molecule has 2 aromatic rings. The second-order valence-electron chi connectivity index (χ2n) is 8.66. The van der Waals surface area contributed by atoms with Crippen LogP contribution in [0, 0.1) is 11.7 Å². The minimum Gasteiger partial charge on any atom is -0.444 e. The van der Waals surface area contributed by atoms with Crippen LogP contribution >= 0.6 is 0 Å². The number of hydrogen-bond acceptors (Lipinski definition) is 3. The number of hydrogen-bond donors (Lipinski definition) is 0. The molecule has 1 saturated heterocycles. The zero-order valence-corrected chi connectivity index (χ0v) is 16.8. The quantitative estimate of drug-likeness (QED) is 0.713. The van der Waals surface area contributed by atoms with Crippen LogP contribution in [0.4, 0.5) is 9.18 Å². The molecule has 2 atom stereocenters. The van der Waals surface area contributed by atoms with Crippen molar-refractivity contribution in [1.29, 1.82) is 0 Å². The number of halogens is 1. The van der Waals surface area contributed by atoms with E-state index >= 15 is 0 Å². The van der Waals surface area contributed by atoms with Crippen molar-refractivity contribution >= 4 is 12.2 Å². The van der Waals surface area contributed by atoms with Gasteiger partial charge in [-0.15, -0.1) is 0 Å². The third-order valence-electron chi connectivity index (χ3n) is 5.54. The van der Waals surface area contributed by atoms with E-state index in [1.807, 2.05) is 36.5 Å². The van der Waals surface area contributed by atoms with E-state index in [9.17, 15) is 9.18 Å². The molecule has 0 radical (unpaired) electrons. The van der Waals surface area contributed by atoms with Gasteiger partial charge in [-0.3, -0.25) is 0 Å². The van der Waals surface area contributed by atoms with Gasteiger partial charge in [0.15, 0.2) is 0 Å². The molecule has 1 amide bonds. The van der Waals surface area contributed by atoms with Crippen LogP contribution in [0.25, 0.3) is 11.8 Å². The summed E-state index contributed by atoms with van der Waals surface area (Å²) in [6, 6.07) is 6.38. The third-order valence-corrected chi connectivity index (χ3v) is 5.54. The van der Waals surface area contributed by atoms with Gasteiger partial charge in [-0.05, 0) is 63.5 Å². The summed E-state index contributed by atoms with van der Waals surface area (Å²) in [5, 5.41) is 4.55. The maximum Gasteiger partial charge on any atom is 0.410 e. The van der Waals surface area contributed by atoms with Gasteiger partial charge >= 0.3 is 6.09 Å². The minimum absolute atomic E-state index is 0.244. The van der Waals surface area contributed by atoms with Crippen LogP contribution in [0.1, 0.15) is 51.3 Å². The van der Waals surface area contributed by atoms with Crippen LogP contribution in [-0.2, 0) is 4.74 Å². The van der Waals surface area contributed by atoms with E-state index in [0.717, 1.165) is 23.4 Å². The van der Waals surface area contributed by atoms with Gasteiger partial charge in [0.25, 0.3) is 0 Å². The highest BCUT2D eigenvalue weighted by Crippen LogP contribution is 2.42. The Kier molecular flexibility index (Phi) is 4.52. The lowest BCUT2D eigenvalue weighted by atomic mass is 9.75. The molecule has 0 spiro atoms. The van der Waals surface area contributed by atoms with Gasteiger partial charge in [0.05, 0.1) is 17.6 Å². The summed E-state index contributed by atoms with van der Waals surface area (Å²) in [6.45, 7) is 9.16. The number of nitrogens with zero attached hydrogens (tertiary/aromatic N) is 3. The first-order valence-electron chi connectivity index (χ1n) is 9.75. The maximum atomic E-state index is 13.3. The average Bonchev–Trinajstić information content (AvgIpc) is 3.05. The highest BCUT2D eigenvalue weighted by molar-refractivity contribution is 5.69. The first kappa shape index (κ1) is 18.7. The van der Waals surface area contributed by atoms with E-state index < -0.39 is 5.60 Å². The SMILES string of the molecule is C[C@H]1c2cnn(-c3ccc(F)cc3)c2C=C2CCN(C(=O)OC(C)(C)C)C[C@H]21. The molecule has 1 aliphatic carbocycles. The Morgan fingerprint density at radius 1 is 1.25 bits per heavy atom. The molecule has 0 unspecified atom stereocenters. The first-order chi connectivity index (χ1) is 13.2. The number of benzene rings is 1.